The molecule has 0 radical (unpaired) electrons. The van der Waals surface area contributed by atoms with Crippen molar-refractivity contribution in [1.29, 1.82) is 0 Å². The van der Waals surface area contributed by atoms with Gasteiger partial charge < -0.3 is 20.4 Å². The normalized spacial score (nSPS) is 19.0. The van der Waals surface area contributed by atoms with E-state index < -0.39 is 0 Å². The summed E-state index contributed by atoms with van der Waals surface area (Å²) in [6, 6.07) is 15.7. The molecular formula is C20H29N5S. The number of para-hydroxylation sites is 1. The summed E-state index contributed by atoms with van der Waals surface area (Å²) >= 11 is 1.80. The fraction of sp³-hybridized carbons (Fsp3) is 0.450. The number of thiophene rings is 1. The maximum absolute atomic E-state index is 4.42. The third-order valence-corrected chi connectivity index (χ3v) is 5.81. The molecule has 1 aromatic heterocycles. The van der Waals surface area contributed by atoms with Gasteiger partial charge in [-0.2, -0.15) is 0 Å². The van der Waals surface area contributed by atoms with E-state index in [2.05, 4.69) is 87.4 Å². The van der Waals surface area contributed by atoms with Crippen molar-refractivity contribution in [2.75, 3.05) is 45.7 Å². The molecule has 2 N–H and O–H groups in total. The molecule has 2 unspecified atom stereocenters. The van der Waals surface area contributed by atoms with Crippen LogP contribution in [0.15, 0.2) is 52.8 Å². The third kappa shape index (κ3) is 4.77. The molecular weight excluding hydrogens is 342 g/mol. The highest BCUT2D eigenvalue weighted by Gasteiger charge is 2.24. The number of anilines is 1. The second-order valence-corrected chi connectivity index (χ2v) is 7.84. The maximum Gasteiger partial charge on any atom is 0.191 e. The molecule has 0 bridgehead atoms. The van der Waals surface area contributed by atoms with E-state index in [-0.39, 0.29) is 0 Å². The molecule has 0 amide bonds. The lowest BCUT2D eigenvalue weighted by Crippen LogP contribution is -2.46. The Morgan fingerprint density at radius 1 is 1.27 bits per heavy atom. The maximum atomic E-state index is 4.42. The Bertz CT molecular complexity index is 683. The molecule has 1 aliphatic rings. The summed E-state index contributed by atoms with van der Waals surface area (Å²) < 4.78 is 0. The van der Waals surface area contributed by atoms with Crippen molar-refractivity contribution in [2.45, 2.75) is 18.5 Å². The van der Waals surface area contributed by atoms with Crippen LogP contribution in [0.4, 0.5) is 5.69 Å². The van der Waals surface area contributed by atoms with Crippen molar-refractivity contribution in [3.63, 3.8) is 0 Å². The average Bonchev–Trinajstić information content (AvgIpc) is 3.33. The highest BCUT2D eigenvalue weighted by molar-refractivity contribution is 7.10. The zero-order chi connectivity index (χ0) is 18.4. The van der Waals surface area contributed by atoms with Crippen LogP contribution in [0, 0.1) is 0 Å². The first-order valence-corrected chi connectivity index (χ1v) is 10.0. The van der Waals surface area contributed by atoms with Crippen LogP contribution in [0.5, 0.6) is 0 Å². The average molecular weight is 372 g/mol. The number of likely N-dealkylation sites (N-methyl/N-ethyl adjacent to an activating group) is 1. The number of aliphatic imine (C=N–C) groups is 1. The van der Waals surface area contributed by atoms with Gasteiger partial charge in [-0.1, -0.05) is 24.3 Å². The second-order valence-electron chi connectivity index (χ2n) is 6.86. The van der Waals surface area contributed by atoms with Crippen molar-refractivity contribution in [1.82, 2.24) is 15.5 Å². The third-order valence-electron chi connectivity index (χ3n) is 4.83. The molecule has 5 nitrogen and oxygen atoms in total. The van der Waals surface area contributed by atoms with Gasteiger partial charge in [0.2, 0.25) is 0 Å². The molecule has 1 aromatic carbocycles. The van der Waals surface area contributed by atoms with Crippen LogP contribution in [0.25, 0.3) is 0 Å². The van der Waals surface area contributed by atoms with Gasteiger partial charge in [-0.15, -0.1) is 11.3 Å². The SMILES string of the molecule is CN=C(NCC(c1cccs1)N(C)C)NC1CCN(c2ccccc2)C1. The lowest BCUT2D eigenvalue weighted by Gasteiger charge is -2.25. The van der Waals surface area contributed by atoms with Gasteiger partial charge in [0.15, 0.2) is 5.96 Å². The van der Waals surface area contributed by atoms with Gasteiger partial charge in [0, 0.05) is 43.3 Å². The van der Waals surface area contributed by atoms with E-state index in [1.807, 2.05) is 7.05 Å². The molecule has 1 saturated heterocycles. The molecule has 2 heterocycles. The number of guanidine groups is 1. The Labute approximate surface area is 160 Å². The monoisotopic (exact) mass is 371 g/mol. The highest BCUT2D eigenvalue weighted by Crippen LogP contribution is 2.22. The Balaban J connectivity index is 1.52. The van der Waals surface area contributed by atoms with Gasteiger partial charge in [0.25, 0.3) is 0 Å². The number of nitrogens with one attached hydrogen (secondary N) is 2. The van der Waals surface area contributed by atoms with Gasteiger partial charge in [0.1, 0.15) is 0 Å². The minimum atomic E-state index is 0.345. The Morgan fingerprint density at radius 3 is 2.73 bits per heavy atom. The van der Waals surface area contributed by atoms with E-state index in [4.69, 9.17) is 0 Å². The fourth-order valence-corrected chi connectivity index (χ4v) is 4.27. The van der Waals surface area contributed by atoms with Gasteiger partial charge in [-0.3, -0.25) is 4.99 Å². The predicted octanol–water partition coefficient (Wildman–Crippen LogP) is 2.79. The van der Waals surface area contributed by atoms with Crippen molar-refractivity contribution in [3.05, 3.63) is 52.7 Å². The smallest absolute Gasteiger partial charge is 0.191 e. The summed E-state index contributed by atoms with van der Waals surface area (Å²) in [5.74, 6) is 0.883. The van der Waals surface area contributed by atoms with Crippen LogP contribution in [0.2, 0.25) is 0 Å². The Hall–Kier alpha value is -2.05. The largest absolute Gasteiger partial charge is 0.369 e. The molecule has 140 valence electrons. The van der Waals surface area contributed by atoms with Crippen molar-refractivity contribution in [3.8, 4) is 0 Å². The number of hydrogen-bond donors (Lipinski definition) is 2. The molecule has 0 aliphatic carbocycles. The topological polar surface area (TPSA) is 42.9 Å². The first-order chi connectivity index (χ1) is 12.7. The van der Waals surface area contributed by atoms with Crippen LogP contribution in [-0.4, -0.2) is 57.7 Å². The zero-order valence-corrected chi connectivity index (χ0v) is 16.7. The van der Waals surface area contributed by atoms with Crippen molar-refractivity contribution in [2.24, 2.45) is 4.99 Å². The van der Waals surface area contributed by atoms with Crippen LogP contribution < -0.4 is 15.5 Å². The molecule has 3 rings (SSSR count). The first kappa shape index (κ1) is 18.7. The minimum absolute atomic E-state index is 0.345. The molecule has 2 aromatic rings. The molecule has 1 aliphatic heterocycles. The van der Waals surface area contributed by atoms with E-state index >= 15 is 0 Å². The lowest BCUT2D eigenvalue weighted by atomic mass is 10.2. The van der Waals surface area contributed by atoms with Crippen LogP contribution in [0.3, 0.4) is 0 Å². The van der Waals surface area contributed by atoms with E-state index in [1.54, 1.807) is 11.3 Å². The summed E-state index contributed by atoms with van der Waals surface area (Å²) in [4.78, 5) is 10.5. The van der Waals surface area contributed by atoms with E-state index in [1.165, 1.54) is 10.6 Å². The summed E-state index contributed by atoms with van der Waals surface area (Å²) in [6.07, 6.45) is 1.12. The molecule has 1 fully saturated rings. The van der Waals surface area contributed by atoms with Crippen molar-refractivity contribution >= 4 is 23.0 Å². The van der Waals surface area contributed by atoms with E-state index in [0.717, 1.165) is 32.0 Å². The predicted molar refractivity (Wildman–Crippen MR) is 112 cm³/mol. The molecule has 0 spiro atoms. The molecule has 2 atom stereocenters. The number of benzene rings is 1. The fourth-order valence-electron chi connectivity index (χ4n) is 3.35. The number of rotatable bonds is 6. The quantitative estimate of drug-likeness (QED) is 0.605. The Morgan fingerprint density at radius 2 is 2.08 bits per heavy atom. The van der Waals surface area contributed by atoms with Crippen molar-refractivity contribution < 1.29 is 0 Å². The molecule has 0 saturated carbocycles. The summed E-state index contributed by atoms with van der Waals surface area (Å²) in [5.41, 5.74) is 1.30. The second kappa shape index (κ2) is 9.05. The molecule has 26 heavy (non-hydrogen) atoms. The molecule has 6 heteroatoms. The summed E-state index contributed by atoms with van der Waals surface area (Å²) in [7, 11) is 6.09. The minimum Gasteiger partial charge on any atom is -0.369 e. The first-order valence-electron chi connectivity index (χ1n) is 9.14. The number of hydrogen-bond acceptors (Lipinski definition) is 4. The number of nitrogens with zero attached hydrogens (tertiary/aromatic N) is 3. The van der Waals surface area contributed by atoms with Gasteiger partial charge in [0.05, 0.1) is 6.04 Å². The van der Waals surface area contributed by atoms with Gasteiger partial charge in [-0.25, -0.2) is 0 Å². The van der Waals surface area contributed by atoms with Crippen LogP contribution in [-0.2, 0) is 0 Å². The standard InChI is InChI=1S/C20H29N5S/c1-21-20(22-14-18(24(2)3)19-10-7-13-26-19)23-16-11-12-25(15-16)17-8-5-4-6-9-17/h4-10,13,16,18H,11-12,14-15H2,1-3H3,(H2,21,22,23). The van der Waals surface area contributed by atoms with Gasteiger partial charge in [-0.05, 0) is 44.1 Å². The van der Waals surface area contributed by atoms with E-state index in [9.17, 15) is 0 Å². The zero-order valence-electron chi connectivity index (χ0n) is 15.9. The van der Waals surface area contributed by atoms with Crippen LogP contribution >= 0.6 is 11.3 Å². The summed E-state index contributed by atoms with van der Waals surface area (Å²) in [6.45, 7) is 2.92. The summed E-state index contributed by atoms with van der Waals surface area (Å²) in [5, 5.41) is 9.23. The van der Waals surface area contributed by atoms with Crippen LogP contribution in [0.1, 0.15) is 17.3 Å². The lowest BCUT2D eigenvalue weighted by molar-refractivity contribution is 0.302. The Kier molecular flexibility index (Phi) is 6.52. The highest BCUT2D eigenvalue weighted by atomic mass is 32.1. The van der Waals surface area contributed by atoms with Gasteiger partial charge >= 0.3 is 0 Å². The van der Waals surface area contributed by atoms with E-state index in [0.29, 0.717) is 12.1 Å².